The standard InChI is InChI=1S/C39H26Cl2/c1-23-13-15-34-36(17-23)30-9-2-5-12-33(30)39(34)27-19-26(20-29(41)21-27)24-7-6-8-25(18-24)38-32-11-4-3-10-31(32)37-22-28(40)14-16-35(37)38/h2-22,38-39H,1H3. The van der Waals surface area contributed by atoms with Gasteiger partial charge in [0, 0.05) is 21.9 Å². The van der Waals surface area contributed by atoms with Crippen LogP contribution in [-0.2, 0) is 0 Å². The summed E-state index contributed by atoms with van der Waals surface area (Å²) in [6, 6.07) is 46.1. The largest absolute Gasteiger partial charge is 0.0843 e. The van der Waals surface area contributed by atoms with E-state index in [0.29, 0.717) is 0 Å². The van der Waals surface area contributed by atoms with Crippen molar-refractivity contribution >= 4 is 23.2 Å². The summed E-state index contributed by atoms with van der Waals surface area (Å²) < 4.78 is 0. The van der Waals surface area contributed by atoms with Gasteiger partial charge in [0.05, 0.1) is 0 Å². The Morgan fingerprint density at radius 3 is 1.78 bits per heavy atom. The van der Waals surface area contributed by atoms with Crippen LogP contribution in [-0.4, -0.2) is 0 Å². The van der Waals surface area contributed by atoms with Crippen LogP contribution in [0, 0.1) is 6.92 Å². The number of fused-ring (bicyclic) bond motifs is 6. The van der Waals surface area contributed by atoms with Crippen LogP contribution in [0.1, 0.15) is 50.8 Å². The number of rotatable bonds is 3. The van der Waals surface area contributed by atoms with Crippen molar-refractivity contribution in [3.05, 3.63) is 176 Å². The third-order valence-electron chi connectivity index (χ3n) is 8.78. The Hall–Kier alpha value is -4.10. The van der Waals surface area contributed by atoms with E-state index >= 15 is 0 Å². The van der Waals surface area contributed by atoms with E-state index in [4.69, 9.17) is 23.2 Å². The van der Waals surface area contributed by atoms with Crippen LogP contribution in [0.3, 0.4) is 0 Å². The third-order valence-corrected chi connectivity index (χ3v) is 9.23. The summed E-state index contributed by atoms with van der Waals surface area (Å²) in [5, 5.41) is 1.52. The maximum absolute atomic E-state index is 6.86. The molecular weight excluding hydrogens is 539 g/mol. The average molecular weight is 566 g/mol. The van der Waals surface area contributed by atoms with Crippen LogP contribution < -0.4 is 0 Å². The monoisotopic (exact) mass is 564 g/mol. The molecule has 2 aliphatic rings. The van der Waals surface area contributed by atoms with E-state index in [1.165, 1.54) is 66.8 Å². The van der Waals surface area contributed by atoms with Crippen molar-refractivity contribution in [3.8, 4) is 33.4 Å². The quantitative estimate of drug-likeness (QED) is 0.200. The second-order valence-corrected chi connectivity index (χ2v) is 12.1. The zero-order valence-corrected chi connectivity index (χ0v) is 24.0. The minimum atomic E-state index is 0.153. The molecule has 0 nitrogen and oxygen atoms in total. The van der Waals surface area contributed by atoms with Gasteiger partial charge in [-0.25, -0.2) is 0 Å². The van der Waals surface area contributed by atoms with E-state index in [1.807, 2.05) is 6.07 Å². The Kier molecular flexibility index (Phi) is 5.71. The molecule has 2 heteroatoms. The first-order valence-electron chi connectivity index (χ1n) is 14.0. The van der Waals surface area contributed by atoms with Crippen molar-refractivity contribution < 1.29 is 0 Å². The molecule has 0 saturated carbocycles. The van der Waals surface area contributed by atoms with Crippen molar-refractivity contribution in [2.24, 2.45) is 0 Å². The van der Waals surface area contributed by atoms with Gasteiger partial charge in [0.15, 0.2) is 0 Å². The summed E-state index contributed by atoms with van der Waals surface area (Å²) in [6.45, 7) is 2.16. The lowest BCUT2D eigenvalue weighted by Gasteiger charge is -2.18. The van der Waals surface area contributed by atoms with Gasteiger partial charge in [0.1, 0.15) is 0 Å². The van der Waals surface area contributed by atoms with Gasteiger partial charge in [0.2, 0.25) is 0 Å². The van der Waals surface area contributed by atoms with Crippen molar-refractivity contribution in [1.82, 2.24) is 0 Å². The van der Waals surface area contributed by atoms with E-state index in [1.54, 1.807) is 0 Å². The smallest absolute Gasteiger partial charge is 0.0415 e. The summed E-state index contributed by atoms with van der Waals surface area (Å²) in [7, 11) is 0. The Morgan fingerprint density at radius 2 is 1.02 bits per heavy atom. The molecule has 8 rings (SSSR count). The van der Waals surface area contributed by atoms with E-state index in [2.05, 4.69) is 128 Å². The Bertz CT molecular complexity index is 2000. The molecule has 0 aromatic heterocycles. The van der Waals surface area contributed by atoms with Crippen LogP contribution >= 0.6 is 23.2 Å². The molecule has 0 fully saturated rings. The molecule has 0 amide bonds. The fraction of sp³-hybridized carbons (Fsp3) is 0.0769. The van der Waals surface area contributed by atoms with E-state index in [-0.39, 0.29) is 11.8 Å². The van der Waals surface area contributed by atoms with Crippen LogP contribution in [0.25, 0.3) is 33.4 Å². The van der Waals surface area contributed by atoms with E-state index < -0.39 is 0 Å². The molecule has 0 N–H and O–H groups in total. The second kappa shape index (κ2) is 9.48. The second-order valence-electron chi connectivity index (χ2n) is 11.3. The Labute approximate surface area is 250 Å². The Morgan fingerprint density at radius 1 is 0.415 bits per heavy atom. The van der Waals surface area contributed by atoms with Gasteiger partial charge in [-0.1, -0.05) is 132 Å². The van der Waals surface area contributed by atoms with Crippen molar-refractivity contribution in [2.45, 2.75) is 18.8 Å². The number of aryl methyl sites for hydroxylation is 1. The third kappa shape index (κ3) is 3.97. The number of hydrogen-bond donors (Lipinski definition) is 0. The molecule has 0 bridgehead atoms. The minimum Gasteiger partial charge on any atom is -0.0843 e. The molecule has 6 aromatic rings. The lowest BCUT2D eigenvalue weighted by molar-refractivity contribution is 1.01. The summed E-state index contributed by atoms with van der Waals surface area (Å²) >= 11 is 13.3. The predicted octanol–water partition coefficient (Wildman–Crippen LogP) is 11.3. The van der Waals surface area contributed by atoms with Gasteiger partial charge in [0.25, 0.3) is 0 Å². The number of benzene rings is 6. The highest BCUT2D eigenvalue weighted by Gasteiger charge is 2.31. The van der Waals surface area contributed by atoms with Gasteiger partial charge in [-0.3, -0.25) is 0 Å². The van der Waals surface area contributed by atoms with Crippen molar-refractivity contribution in [3.63, 3.8) is 0 Å². The van der Waals surface area contributed by atoms with Crippen molar-refractivity contribution in [2.75, 3.05) is 0 Å². The van der Waals surface area contributed by atoms with Crippen LogP contribution in [0.2, 0.25) is 10.0 Å². The molecule has 0 radical (unpaired) electrons. The topological polar surface area (TPSA) is 0 Å². The lowest BCUT2D eigenvalue weighted by Crippen LogP contribution is -2.01. The van der Waals surface area contributed by atoms with Gasteiger partial charge in [-0.15, -0.1) is 0 Å². The molecule has 41 heavy (non-hydrogen) atoms. The van der Waals surface area contributed by atoms with E-state index in [0.717, 1.165) is 15.6 Å². The highest BCUT2D eigenvalue weighted by atomic mass is 35.5. The average Bonchev–Trinajstić information content (AvgIpc) is 3.49. The molecule has 0 heterocycles. The molecule has 6 aromatic carbocycles. The van der Waals surface area contributed by atoms with Gasteiger partial charge in [-0.2, -0.15) is 0 Å². The normalized spacial score (nSPS) is 16.2. The van der Waals surface area contributed by atoms with Gasteiger partial charge in [-0.05, 0) is 98.0 Å². The maximum atomic E-state index is 6.86. The van der Waals surface area contributed by atoms with Gasteiger partial charge < -0.3 is 0 Å². The highest BCUT2D eigenvalue weighted by Crippen LogP contribution is 2.51. The first kappa shape index (κ1) is 24.7. The molecule has 0 spiro atoms. The first-order valence-corrected chi connectivity index (χ1v) is 14.8. The predicted molar refractivity (Wildman–Crippen MR) is 172 cm³/mol. The molecule has 196 valence electrons. The minimum absolute atomic E-state index is 0.153. The summed E-state index contributed by atoms with van der Waals surface area (Å²) in [4.78, 5) is 0. The summed E-state index contributed by atoms with van der Waals surface area (Å²) in [5.74, 6) is 0.315. The molecule has 0 aliphatic heterocycles. The fourth-order valence-corrected chi connectivity index (χ4v) is 7.47. The summed E-state index contributed by atoms with van der Waals surface area (Å²) in [5.41, 5.74) is 16.5. The fourth-order valence-electron chi connectivity index (χ4n) is 7.05. The maximum Gasteiger partial charge on any atom is 0.0415 e. The molecule has 2 aliphatic carbocycles. The number of halogens is 2. The SMILES string of the molecule is Cc1ccc2c(c1)-c1ccccc1C2c1cc(Cl)cc(-c2cccc(C3c4ccccc4-c4cc(Cl)ccc43)c2)c1. The molecule has 0 saturated heterocycles. The number of hydrogen-bond acceptors (Lipinski definition) is 0. The van der Waals surface area contributed by atoms with Crippen LogP contribution in [0.5, 0.6) is 0 Å². The zero-order valence-electron chi connectivity index (χ0n) is 22.5. The highest BCUT2D eigenvalue weighted by molar-refractivity contribution is 6.31. The summed E-state index contributed by atoms with van der Waals surface area (Å²) in [6.07, 6.45) is 0. The lowest BCUT2D eigenvalue weighted by atomic mass is 9.86. The molecular formula is C39H26Cl2. The van der Waals surface area contributed by atoms with E-state index in [9.17, 15) is 0 Å². The molecule has 2 unspecified atom stereocenters. The van der Waals surface area contributed by atoms with Gasteiger partial charge >= 0.3 is 0 Å². The first-order chi connectivity index (χ1) is 20.0. The molecule has 2 atom stereocenters. The van der Waals surface area contributed by atoms with Crippen LogP contribution in [0.4, 0.5) is 0 Å². The Balaban J connectivity index is 1.25. The van der Waals surface area contributed by atoms with Crippen molar-refractivity contribution in [1.29, 1.82) is 0 Å². The van der Waals surface area contributed by atoms with Crippen LogP contribution in [0.15, 0.2) is 127 Å². The zero-order chi connectivity index (χ0) is 27.7.